The van der Waals surface area contributed by atoms with E-state index in [9.17, 15) is 9.90 Å². The summed E-state index contributed by atoms with van der Waals surface area (Å²) in [6.45, 7) is 3.60. The first-order valence-corrected chi connectivity index (χ1v) is 11.9. The predicted octanol–water partition coefficient (Wildman–Crippen LogP) is 3.49. The van der Waals surface area contributed by atoms with Gasteiger partial charge in [0.2, 0.25) is 0 Å². The van der Waals surface area contributed by atoms with Crippen molar-refractivity contribution in [3.05, 3.63) is 51.4 Å². The highest BCUT2D eigenvalue weighted by molar-refractivity contribution is 7.19. The number of nitrogens with zero attached hydrogens (tertiary/aromatic N) is 3. The maximum atomic E-state index is 13.1. The van der Waals surface area contributed by atoms with Crippen LogP contribution in [0, 0.1) is 18.8 Å². The SMILES string of the molecule is Cc1cc(OC2C[C@H]3CC[C@@H](C2)N3C)ccc1-n1cnc2cc(C#CC(C)O)sc2c1=O. The number of ether oxygens (including phenoxy) is 1. The summed E-state index contributed by atoms with van der Waals surface area (Å²) < 4.78 is 8.49. The number of rotatable bonds is 3. The Hall–Kier alpha value is -2.66. The van der Waals surface area contributed by atoms with E-state index in [1.54, 1.807) is 23.9 Å². The lowest BCUT2D eigenvalue weighted by Crippen LogP contribution is -2.43. The maximum Gasteiger partial charge on any atom is 0.275 e. The van der Waals surface area contributed by atoms with E-state index in [2.05, 4.69) is 28.8 Å². The minimum absolute atomic E-state index is 0.117. The van der Waals surface area contributed by atoms with Gasteiger partial charge in [-0.1, -0.05) is 11.8 Å². The summed E-state index contributed by atoms with van der Waals surface area (Å²) in [5.41, 5.74) is 2.27. The van der Waals surface area contributed by atoms with Crippen molar-refractivity contribution in [3.8, 4) is 23.3 Å². The fourth-order valence-electron chi connectivity index (χ4n) is 4.94. The summed E-state index contributed by atoms with van der Waals surface area (Å²) in [7, 11) is 2.23. The zero-order valence-electron chi connectivity index (χ0n) is 18.5. The monoisotopic (exact) mass is 449 g/mol. The lowest BCUT2D eigenvalue weighted by molar-refractivity contribution is 0.0661. The van der Waals surface area contributed by atoms with Crippen molar-refractivity contribution in [1.29, 1.82) is 0 Å². The summed E-state index contributed by atoms with van der Waals surface area (Å²) >= 11 is 1.30. The van der Waals surface area contributed by atoms with Gasteiger partial charge in [-0.3, -0.25) is 9.36 Å². The maximum absolute atomic E-state index is 13.1. The number of aromatic nitrogens is 2. The molecule has 2 unspecified atom stereocenters. The molecule has 0 amide bonds. The van der Waals surface area contributed by atoms with Crippen molar-refractivity contribution in [2.24, 2.45) is 0 Å². The molecule has 7 heteroatoms. The molecule has 1 aromatic carbocycles. The van der Waals surface area contributed by atoms with Crippen LogP contribution in [0.5, 0.6) is 5.75 Å². The van der Waals surface area contributed by atoms with Gasteiger partial charge >= 0.3 is 0 Å². The molecule has 0 radical (unpaired) electrons. The van der Waals surface area contributed by atoms with E-state index in [4.69, 9.17) is 4.74 Å². The lowest BCUT2D eigenvalue weighted by atomic mass is 10.0. The Bertz CT molecular complexity index is 1270. The molecule has 1 N–H and O–H groups in total. The summed E-state index contributed by atoms with van der Waals surface area (Å²) in [5.74, 6) is 6.47. The number of aliphatic hydroxyl groups excluding tert-OH is 1. The second-order valence-electron chi connectivity index (χ2n) is 8.90. The summed E-state index contributed by atoms with van der Waals surface area (Å²) in [5, 5.41) is 9.37. The van der Waals surface area contributed by atoms with Crippen LogP contribution in [0.2, 0.25) is 0 Å². The fourth-order valence-corrected chi connectivity index (χ4v) is 5.85. The van der Waals surface area contributed by atoms with Crippen LogP contribution in [-0.2, 0) is 0 Å². The average molecular weight is 450 g/mol. The standard InChI is InChI=1S/C25H27N3O3S/c1-15-10-19(31-20-11-17-5-6-18(12-20)27(17)3)7-9-23(15)28-14-26-22-13-21(8-4-16(2)29)32-24(22)25(28)30/h7,9-10,13-14,16-18,20,29H,5-6,11-12H2,1-3H3/t16?,17-,18+,20?. The molecular formula is C25H27N3O3S. The minimum Gasteiger partial charge on any atom is -0.490 e. The number of aliphatic hydroxyl groups is 1. The molecule has 4 heterocycles. The molecule has 166 valence electrons. The smallest absolute Gasteiger partial charge is 0.275 e. The molecule has 5 rings (SSSR count). The van der Waals surface area contributed by atoms with E-state index in [0.717, 1.165) is 34.7 Å². The van der Waals surface area contributed by atoms with Crippen LogP contribution >= 0.6 is 11.3 Å². The van der Waals surface area contributed by atoms with Gasteiger partial charge in [-0.2, -0.15) is 0 Å². The van der Waals surface area contributed by atoms with Crippen LogP contribution in [0.3, 0.4) is 0 Å². The summed E-state index contributed by atoms with van der Waals surface area (Å²) in [6.07, 6.45) is 5.80. The Morgan fingerprint density at radius 3 is 2.69 bits per heavy atom. The second kappa shape index (κ2) is 8.36. The molecule has 0 saturated carbocycles. The van der Waals surface area contributed by atoms with Crippen molar-refractivity contribution in [2.45, 2.75) is 63.8 Å². The first-order valence-electron chi connectivity index (χ1n) is 11.1. The topological polar surface area (TPSA) is 67.6 Å². The molecule has 4 atom stereocenters. The van der Waals surface area contributed by atoms with Gasteiger partial charge in [0, 0.05) is 12.1 Å². The normalized spacial score (nSPS) is 23.7. The lowest BCUT2D eigenvalue weighted by Gasteiger charge is -2.36. The van der Waals surface area contributed by atoms with E-state index in [0.29, 0.717) is 22.3 Å². The molecule has 2 aliphatic rings. The van der Waals surface area contributed by atoms with Crippen LogP contribution in [-0.4, -0.2) is 50.9 Å². The molecule has 2 fully saturated rings. The van der Waals surface area contributed by atoms with Crippen molar-refractivity contribution in [3.63, 3.8) is 0 Å². The van der Waals surface area contributed by atoms with Gasteiger partial charge in [0.05, 0.1) is 16.1 Å². The Morgan fingerprint density at radius 2 is 2.00 bits per heavy atom. The molecule has 0 spiro atoms. The predicted molar refractivity (Wildman–Crippen MR) is 127 cm³/mol. The van der Waals surface area contributed by atoms with Gasteiger partial charge < -0.3 is 14.7 Å². The van der Waals surface area contributed by atoms with Crippen LogP contribution in [0.1, 0.15) is 43.0 Å². The molecule has 2 aliphatic heterocycles. The first-order chi connectivity index (χ1) is 15.4. The third-order valence-electron chi connectivity index (χ3n) is 6.63. The number of fused-ring (bicyclic) bond motifs is 3. The minimum atomic E-state index is -0.710. The van der Waals surface area contributed by atoms with Gasteiger partial charge in [-0.25, -0.2) is 4.98 Å². The van der Waals surface area contributed by atoms with Crippen LogP contribution in [0.4, 0.5) is 0 Å². The van der Waals surface area contributed by atoms with Crippen molar-refractivity contribution in [1.82, 2.24) is 14.5 Å². The third kappa shape index (κ3) is 3.95. The number of aryl methyl sites for hydroxylation is 1. The highest BCUT2D eigenvalue weighted by Crippen LogP contribution is 2.36. The number of thiophene rings is 1. The largest absolute Gasteiger partial charge is 0.490 e. The second-order valence-corrected chi connectivity index (χ2v) is 9.95. The number of hydrogen-bond donors (Lipinski definition) is 1. The zero-order valence-corrected chi connectivity index (χ0v) is 19.4. The van der Waals surface area contributed by atoms with E-state index in [1.165, 1.54) is 24.2 Å². The average Bonchev–Trinajstić information content (AvgIpc) is 3.25. The van der Waals surface area contributed by atoms with Crippen molar-refractivity contribution in [2.75, 3.05) is 7.05 Å². The van der Waals surface area contributed by atoms with Crippen LogP contribution in [0.15, 0.2) is 35.4 Å². The highest BCUT2D eigenvalue weighted by atomic mass is 32.1. The third-order valence-corrected chi connectivity index (χ3v) is 7.66. The zero-order chi connectivity index (χ0) is 22.4. The quantitative estimate of drug-likeness (QED) is 0.620. The molecule has 2 saturated heterocycles. The first kappa shape index (κ1) is 21.2. The van der Waals surface area contributed by atoms with Gasteiger partial charge in [0.25, 0.3) is 5.56 Å². The van der Waals surface area contributed by atoms with E-state index < -0.39 is 6.10 Å². The van der Waals surface area contributed by atoms with Crippen LogP contribution < -0.4 is 10.3 Å². The van der Waals surface area contributed by atoms with E-state index in [-0.39, 0.29) is 11.7 Å². The molecule has 0 aliphatic carbocycles. The van der Waals surface area contributed by atoms with E-state index in [1.807, 2.05) is 25.1 Å². The number of piperidine rings is 1. The summed E-state index contributed by atoms with van der Waals surface area (Å²) in [6, 6.07) is 8.96. The Balaban J connectivity index is 1.40. The molecular weight excluding hydrogens is 422 g/mol. The van der Waals surface area contributed by atoms with Crippen LogP contribution in [0.25, 0.3) is 15.9 Å². The van der Waals surface area contributed by atoms with Gasteiger partial charge in [0.1, 0.15) is 29.0 Å². The fraction of sp³-hybridized carbons (Fsp3) is 0.440. The number of hydrogen-bond acceptors (Lipinski definition) is 6. The van der Waals surface area contributed by atoms with Gasteiger partial charge in [0.15, 0.2) is 0 Å². The highest BCUT2D eigenvalue weighted by Gasteiger charge is 2.39. The molecule has 2 bridgehead atoms. The van der Waals surface area contributed by atoms with Gasteiger partial charge in [-0.15, -0.1) is 11.3 Å². The van der Waals surface area contributed by atoms with Crippen molar-refractivity contribution < 1.29 is 9.84 Å². The van der Waals surface area contributed by atoms with E-state index >= 15 is 0 Å². The Kier molecular flexibility index (Phi) is 5.54. The molecule has 2 aromatic heterocycles. The summed E-state index contributed by atoms with van der Waals surface area (Å²) in [4.78, 5) is 20.8. The molecule has 3 aromatic rings. The van der Waals surface area contributed by atoms with Crippen molar-refractivity contribution >= 4 is 21.6 Å². The van der Waals surface area contributed by atoms with Gasteiger partial charge in [-0.05, 0) is 76.4 Å². The molecule has 6 nitrogen and oxygen atoms in total. The Labute approximate surface area is 191 Å². The number of benzene rings is 1. The Morgan fingerprint density at radius 1 is 1.25 bits per heavy atom. The molecule has 32 heavy (non-hydrogen) atoms.